The number of rotatable bonds is 3. The third-order valence-corrected chi connectivity index (χ3v) is 3.84. The molecule has 0 atom stereocenters. The molecule has 1 heterocycles. The van der Waals surface area contributed by atoms with Crippen molar-refractivity contribution in [3.8, 4) is 5.69 Å². The van der Waals surface area contributed by atoms with E-state index in [2.05, 4.69) is 10.4 Å². The number of carbonyl (C=O) groups excluding carboxylic acids is 1. The van der Waals surface area contributed by atoms with Crippen molar-refractivity contribution >= 4 is 23.2 Å². The van der Waals surface area contributed by atoms with E-state index in [0.717, 1.165) is 15.3 Å². The number of nitrogens with zero attached hydrogens (tertiary/aromatic N) is 3. The normalized spacial score (nSPS) is 10.6. The summed E-state index contributed by atoms with van der Waals surface area (Å²) in [5.41, 5.74) is -1.97. The van der Waals surface area contributed by atoms with E-state index in [1.807, 2.05) is 0 Å². The van der Waals surface area contributed by atoms with Gasteiger partial charge >= 0.3 is 5.69 Å². The second kappa shape index (κ2) is 6.93. The number of halogens is 2. The van der Waals surface area contributed by atoms with E-state index in [-0.39, 0.29) is 5.69 Å². The summed E-state index contributed by atoms with van der Waals surface area (Å²) < 4.78 is 15.4. The number of hydrogen-bond acceptors (Lipinski definition) is 4. The first-order chi connectivity index (χ1) is 12.4. The minimum atomic E-state index is -0.932. The van der Waals surface area contributed by atoms with Gasteiger partial charge in [0.05, 0.1) is 11.4 Å². The maximum absolute atomic E-state index is 13.7. The molecule has 26 heavy (non-hydrogen) atoms. The van der Waals surface area contributed by atoms with Crippen LogP contribution in [-0.2, 0) is 7.05 Å². The Morgan fingerprint density at radius 3 is 2.42 bits per heavy atom. The predicted octanol–water partition coefficient (Wildman–Crippen LogP) is 1.98. The zero-order valence-electron chi connectivity index (χ0n) is 13.4. The first kappa shape index (κ1) is 17.6. The Kier molecular flexibility index (Phi) is 4.68. The van der Waals surface area contributed by atoms with E-state index in [1.54, 1.807) is 0 Å². The Bertz CT molecular complexity index is 1110. The SMILES string of the molecule is Cn1c(=O)c(C(=O)Nc2ccccc2F)nn(-c2ccc(Cl)cc2)c1=O. The number of amides is 1. The van der Waals surface area contributed by atoms with Crippen LogP contribution in [0.25, 0.3) is 5.69 Å². The van der Waals surface area contributed by atoms with E-state index in [0.29, 0.717) is 10.7 Å². The van der Waals surface area contributed by atoms with E-state index in [9.17, 15) is 18.8 Å². The Hall–Kier alpha value is -3.26. The Morgan fingerprint density at radius 1 is 1.12 bits per heavy atom. The number of anilines is 1. The molecule has 1 N–H and O–H groups in total. The topological polar surface area (TPSA) is 86.0 Å². The second-order valence-electron chi connectivity index (χ2n) is 5.32. The van der Waals surface area contributed by atoms with Crippen LogP contribution >= 0.6 is 11.6 Å². The molecule has 1 aromatic heterocycles. The molecule has 0 bridgehead atoms. The maximum Gasteiger partial charge on any atom is 0.351 e. The van der Waals surface area contributed by atoms with Crippen LogP contribution in [0.4, 0.5) is 10.1 Å². The van der Waals surface area contributed by atoms with Gasteiger partial charge in [-0.25, -0.2) is 9.18 Å². The molecule has 0 fully saturated rings. The van der Waals surface area contributed by atoms with Crippen molar-refractivity contribution in [1.29, 1.82) is 0 Å². The second-order valence-corrected chi connectivity index (χ2v) is 5.75. The number of para-hydroxylation sites is 1. The van der Waals surface area contributed by atoms with Gasteiger partial charge in [0.2, 0.25) is 5.69 Å². The van der Waals surface area contributed by atoms with Gasteiger partial charge < -0.3 is 5.32 Å². The van der Waals surface area contributed by atoms with E-state index < -0.39 is 28.7 Å². The third-order valence-electron chi connectivity index (χ3n) is 3.58. The summed E-state index contributed by atoms with van der Waals surface area (Å²) in [5.74, 6) is -1.60. The quantitative estimate of drug-likeness (QED) is 0.759. The zero-order chi connectivity index (χ0) is 18.8. The summed E-state index contributed by atoms with van der Waals surface area (Å²) in [5, 5.41) is 6.58. The zero-order valence-corrected chi connectivity index (χ0v) is 14.2. The molecular formula is C17H12ClFN4O3. The maximum atomic E-state index is 13.7. The van der Waals surface area contributed by atoms with Gasteiger partial charge in [0, 0.05) is 12.1 Å². The highest BCUT2D eigenvalue weighted by Gasteiger charge is 2.19. The average molecular weight is 375 g/mol. The summed E-state index contributed by atoms with van der Waals surface area (Å²) in [7, 11) is 1.22. The average Bonchev–Trinajstić information content (AvgIpc) is 2.63. The number of carbonyl (C=O) groups is 1. The largest absolute Gasteiger partial charge is 0.351 e. The van der Waals surface area contributed by atoms with Crippen molar-refractivity contribution in [3.05, 3.63) is 85.9 Å². The van der Waals surface area contributed by atoms with E-state index in [1.165, 1.54) is 49.5 Å². The third kappa shape index (κ3) is 3.27. The molecule has 2 aromatic carbocycles. The lowest BCUT2D eigenvalue weighted by Crippen LogP contribution is -2.43. The van der Waals surface area contributed by atoms with Crippen LogP contribution in [-0.4, -0.2) is 20.3 Å². The van der Waals surface area contributed by atoms with Crippen LogP contribution in [0.5, 0.6) is 0 Å². The molecule has 0 saturated carbocycles. The van der Waals surface area contributed by atoms with Gasteiger partial charge in [-0.3, -0.25) is 14.2 Å². The summed E-state index contributed by atoms with van der Waals surface area (Å²) in [4.78, 5) is 37.0. The molecule has 3 rings (SSSR count). The van der Waals surface area contributed by atoms with Crippen LogP contribution in [0.15, 0.2) is 58.1 Å². The van der Waals surface area contributed by atoms with Crippen molar-refractivity contribution in [2.45, 2.75) is 0 Å². The molecule has 7 nitrogen and oxygen atoms in total. The lowest BCUT2D eigenvalue weighted by atomic mass is 10.3. The van der Waals surface area contributed by atoms with E-state index in [4.69, 9.17) is 11.6 Å². The highest BCUT2D eigenvalue weighted by Crippen LogP contribution is 2.13. The van der Waals surface area contributed by atoms with Gasteiger partial charge in [0.15, 0.2) is 0 Å². The molecule has 9 heteroatoms. The Balaban J connectivity index is 2.09. The highest BCUT2D eigenvalue weighted by molar-refractivity contribution is 6.30. The number of hydrogen-bond donors (Lipinski definition) is 1. The van der Waals surface area contributed by atoms with Crippen LogP contribution in [0.1, 0.15) is 10.5 Å². The van der Waals surface area contributed by atoms with Gasteiger partial charge in [-0.05, 0) is 36.4 Å². The molecule has 3 aromatic rings. The molecule has 0 aliphatic carbocycles. The van der Waals surface area contributed by atoms with Crippen LogP contribution in [0.2, 0.25) is 5.02 Å². The van der Waals surface area contributed by atoms with Crippen molar-refractivity contribution in [2.75, 3.05) is 5.32 Å². The number of aromatic nitrogens is 3. The fourth-order valence-electron chi connectivity index (χ4n) is 2.21. The Labute approximate surface area is 151 Å². The molecular weight excluding hydrogens is 363 g/mol. The number of nitrogens with one attached hydrogen (secondary N) is 1. The van der Waals surface area contributed by atoms with Gasteiger partial charge in [-0.1, -0.05) is 23.7 Å². The molecule has 0 unspecified atom stereocenters. The fourth-order valence-corrected chi connectivity index (χ4v) is 2.34. The van der Waals surface area contributed by atoms with Gasteiger partial charge in [0.1, 0.15) is 5.82 Å². The molecule has 0 saturated heterocycles. The smallest absolute Gasteiger partial charge is 0.318 e. The molecule has 132 valence electrons. The van der Waals surface area contributed by atoms with Crippen LogP contribution < -0.4 is 16.6 Å². The van der Waals surface area contributed by atoms with E-state index >= 15 is 0 Å². The number of benzene rings is 2. The van der Waals surface area contributed by atoms with Crippen molar-refractivity contribution < 1.29 is 9.18 Å². The fraction of sp³-hybridized carbons (Fsp3) is 0.0588. The van der Waals surface area contributed by atoms with Gasteiger partial charge in [0.25, 0.3) is 11.5 Å². The standard InChI is InChI=1S/C17H12ClFN4O3/c1-22-16(25)14(15(24)20-13-5-3-2-4-12(13)19)21-23(17(22)26)11-8-6-10(18)7-9-11/h2-9H,1H3,(H,20,24). The van der Waals surface area contributed by atoms with Gasteiger partial charge in [-0.15, -0.1) is 0 Å². The molecule has 0 radical (unpaired) electrons. The minimum Gasteiger partial charge on any atom is -0.318 e. The van der Waals surface area contributed by atoms with Gasteiger partial charge in [-0.2, -0.15) is 9.78 Å². The first-order valence-corrected chi connectivity index (χ1v) is 7.78. The van der Waals surface area contributed by atoms with Crippen LogP contribution in [0.3, 0.4) is 0 Å². The molecule has 1 amide bonds. The lowest BCUT2D eigenvalue weighted by Gasteiger charge is -2.10. The van der Waals surface area contributed by atoms with Crippen molar-refractivity contribution in [1.82, 2.24) is 14.3 Å². The van der Waals surface area contributed by atoms with Crippen molar-refractivity contribution in [2.24, 2.45) is 7.05 Å². The predicted molar refractivity (Wildman–Crippen MR) is 94.4 cm³/mol. The van der Waals surface area contributed by atoms with Crippen molar-refractivity contribution in [3.63, 3.8) is 0 Å². The monoisotopic (exact) mass is 374 g/mol. The summed E-state index contributed by atoms with van der Waals surface area (Å²) in [6.07, 6.45) is 0. The summed E-state index contributed by atoms with van der Waals surface area (Å²) in [6, 6.07) is 11.6. The molecule has 0 spiro atoms. The summed E-state index contributed by atoms with van der Waals surface area (Å²) in [6.45, 7) is 0. The first-order valence-electron chi connectivity index (χ1n) is 7.40. The molecule has 0 aliphatic rings. The highest BCUT2D eigenvalue weighted by atomic mass is 35.5. The minimum absolute atomic E-state index is 0.106. The van der Waals surface area contributed by atoms with Crippen LogP contribution in [0, 0.1) is 5.82 Å². The Morgan fingerprint density at radius 2 is 1.77 bits per heavy atom. The summed E-state index contributed by atoms with van der Waals surface area (Å²) >= 11 is 5.82. The molecule has 0 aliphatic heterocycles. The lowest BCUT2D eigenvalue weighted by molar-refractivity contribution is 0.101.